The molecule has 0 radical (unpaired) electrons. The molecule has 1 heterocycles. The quantitative estimate of drug-likeness (QED) is 0.757. The van der Waals surface area contributed by atoms with Gasteiger partial charge in [-0.2, -0.15) is 0 Å². The maximum absolute atomic E-state index is 3.32. The highest BCUT2D eigenvalue weighted by atomic mass is 14.9. The van der Waals surface area contributed by atoms with Crippen LogP contribution < -0.4 is 5.32 Å². The van der Waals surface area contributed by atoms with Crippen LogP contribution in [0.5, 0.6) is 0 Å². The van der Waals surface area contributed by atoms with Crippen LogP contribution in [0.25, 0.3) is 0 Å². The monoisotopic (exact) mass is 219 g/mol. The average Bonchev–Trinajstić information content (AvgIpc) is 2.32. The summed E-state index contributed by atoms with van der Waals surface area (Å²) >= 11 is 0. The van der Waals surface area contributed by atoms with Crippen LogP contribution in [0.3, 0.4) is 0 Å². The maximum atomic E-state index is 3.32. The average molecular weight is 219 g/mol. The van der Waals surface area contributed by atoms with Gasteiger partial charge in [0.15, 0.2) is 0 Å². The maximum Gasteiger partial charge on any atom is -0.00464 e. The van der Waals surface area contributed by atoms with Crippen molar-refractivity contribution in [2.45, 2.75) is 39.5 Å². The second-order valence-corrected chi connectivity index (χ2v) is 5.00. The van der Waals surface area contributed by atoms with E-state index in [2.05, 4.69) is 50.4 Å². The third kappa shape index (κ3) is 5.32. The molecular weight excluding hydrogens is 194 g/mol. The highest BCUT2D eigenvalue weighted by Crippen LogP contribution is 2.11. The van der Waals surface area contributed by atoms with E-state index >= 15 is 0 Å². The second-order valence-electron chi connectivity index (χ2n) is 5.00. The molecule has 1 aliphatic heterocycles. The van der Waals surface area contributed by atoms with E-state index in [0.29, 0.717) is 5.92 Å². The molecule has 1 heteroatoms. The van der Waals surface area contributed by atoms with Crippen LogP contribution in [0.2, 0.25) is 0 Å². The Bertz CT molecular complexity index is 260. The topological polar surface area (TPSA) is 12.0 Å². The van der Waals surface area contributed by atoms with Gasteiger partial charge in [0.25, 0.3) is 0 Å². The Morgan fingerprint density at radius 1 is 1.06 bits per heavy atom. The van der Waals surface area contributed by atoms with Gasteiger partial charge in [0.05, 0.1) is 0 Å². The molecular formula is C15H25N. The SMILES string of the molecule is CC(C)c1ccccc1.CC1CCNCC1. The van der Waals surface area contributed by atoms with E-state index in [4.69, 9.17) is 0 Å². The summed E-state index contributed by atoms with van der Waals surface area (Å²) in [5.41, 5.74) is 1.41. The molecule has 0 saturated carbocycles. The van der Waals surface area contributed by atoms with Gasteiger partial charge in [-0.25, -0.2) is 0 Å². The summed E-state index contributed by atoms with van der Waals surface area (Å²) in [5.74, 6) is 1.63. The molecule has 0 bridgehead atoms. The minimum Gasteiger partial charge on any atom is -0.317 e. The lowest BCUT2D eigenvalue weighted by molar-refractivity contribution is 0.402. The second kappa shape index (κ2) is 7.45. The van der Waals surface area contributed by atoms with Crippen LogP contribution in [0.15, 0.2) is 30.3 Å². The first kappa shape index (κ1) is 13.2. The Balaban J connectivity index is 0.000000165. The van der Waals surface area contributed by atoms with Crippen LogP contribution in [-0.4, -0.2) is 13.1 Å². The lowest BCUT2D eigenvalue weighted by Crippen LogP contribution is -2.26. The molecule has 1 aromatic rings. The molecule has 0 spiro atoms. The van der Waals surface area contributed by atoms with Gasteiger partial charge in [-0.3, -0.25) is 0 Å². The van der Waals surface area contributed by atoms with Crippen LogP contribution >= 0.6 is 0 Å². The molecule has 0 amide bonds. The van der Waals surface area contributed by atoms with E-state index in [0.717, 1.165) is 5.92 Å². The van der Waals surface area contributed by atoms with Gasteiger partial charge >= 0.3 is 0 Å². The molecule has 0 atom stereocenters. The van der Waals surface area contributed by atoms with Crippen molar-refractivity contribution in [1.82, 2.24) is 5.32 Å². The number of hydrogen-bond donors (Lipinski definition) is 1. The molecule has 16 heavy (non-hydrogen) atoms. The zero-order chi connectivity index (χ0) is 11.8. The highest BCUT2D eigenvalue weighted by Gasteiger charge is 2.05. The van der Waals surface area contributed by atoms with Crippen molar-refractivity contribution >= 4 is 0 Å². The smallest absolute Gasteiger partial charge is 0.00464 e. The highest BCUT2D eigenvalue weighted by molar-refractivity contribution is 5.17. The van der Waals surface area contributed by atoms with E-state index in [1.807, 2.05) is 6.07 Å². The first-order valence-electron chi connectivity index (χ1n) is 6.46. The Labute approximate surface area is 100 Å². The number of piperidine rings is 1. The van der Waals surface area contributed by atoms with Crippen LogP contribution in [0.4, 0.5) is 0 Å². The van der Waals surface area contributed by atoms with Gasteiger partial charge in [-0.15, -0.1) is 0 Å². The molecule has 0 aliphatic carbocycles. The summed E-state index contributed by atoms with van der Waals surface area (Å²) in [6.45, 7) is 9.20. The lowest BCUT2D eigenvalue weighted by atomic mass is 10.0. The largest absolute Gasteiger partial charge is 0.317 e. The summed E-state index contributed by atoms with van der Waals surface area (Å²) in [6, 6.07) is 10.5. The fourth-order valence-corrected chi connectivity index (χ4v) is 1.80. The predicted molar refractivity (Wildman–Crippen MR) is 71.8 cm³/mol. The van der Waals surface area contributed by atoms with Gasteiger partial charge in [0.2, 0.25) is 0 Å². The van der Waals surface area contributed by atoms with Crippen LogP contribution in [-0.2, 0) is 0 Å². The van der Waals surface area contributed by atoms with Crippen molar-refractivity contribution in [2.24, 2.45) is 5.92 Å². The Morgan fingerprint density at radius 2 is 1.62 bits per heavy atom. The van der Waals surface area contributed by atoms with Gasteiger partial charge in [0.1, 0.15) is 0 Å². The summed E-state index contributed by atoms with van der Waals surface area (Å²) in [6.07, 6.45) is 2.75. The molecule has 0 aromatic heterocycles. The van der Waals surface area contributed by atoms with Crippen LogP contribution in [0.1, 0.15) is 45.1 Å². The predicted octanol–water partition coefficient (Wildman–Crippen LogP) is 3.82. The van der Waals surface area contributed by atoms with E-state index in [-0.39, 0.29) is 0 Å². The minimum absolute atomic E-state index is 0.659. The molecule has 90 valence electrons. The molecule has 1 nitrogen and oxygen atoms in total. The third-order valence-corrected chi connectivity index (χ3v) is 3.09. The van der Waals surface area contributed by atoms with Crippen molar-refractivity contribution < 1.29 is 0 Å². The Hall–Kier alpha value is -0.820. The van der Waals surface area contributed by atoms with Crippen molar-refractivity contribution in [3.63, 3.8) is 0 Å². The molecule has 1 aromatic carbocycles. The zero-order valence-electron chi connectivity index (χ0n) is 10.9. The van der Waals surface area contributed by atoms with E-state index in [9.17, 15) is 0 Å². The molecule has 1 fully saturated rings. The standard InChI is InChI=1S/C9H12.C6H13N/c1-8(2)9-6-4-3-5-7-9;1-6-2-4-7-5-3-6/h3-8H,1-2H3;6-7H,2-5H2,1H3. The fourth-order valence-electron chi connectivity index (χ4n) is 1.80. The number of nitrogens with one attached hydrogen (secondary N) is 1. The van der Waals surface area contributed by atoms with Crippen molar-refractivity contribution in [3.05, 3.63) is 35.9 Å². The van der Waals surface area contributed by atoms with Gasteiger partial charge in [0, 0.05) is 0 Å². The minimum atomic E-state index is 0.659. The number of rotatable bonds is 1. The van der Waals surface area contributed by atoms with E-state index in [1.165, 1.54) is 31.5 Å². The molecule has 0 unspecified atom stereocenters. The van der Waals surface area contributed by atoms with Crippen molar-refractivity contribution in [2.75, 3.05) is 13.1 Å². The molecule has 1 saturated heterocycles. The zero-order valence-corrected chi connectivity index (χ0v) is 10.9. The summed E-state index contributed by atoms with van der Waals surface area (Å²) in [4.78, 5) is 0. The van der Waals surface area contributed by atoms with E-state index < -0.39 is 0 Å². The Morgan fingerprint density at radius 3 is 1.94 bits per heavy atom. The van der Waals surface area contributed by atoms with Crippen LogP contribution in [0, 0.1) is 5.92 Å². The number of benzene rings is 1. The summed E-state index contributed by atoms with van der Waals surface area (Å²) < 4.78 is 0. The molecule has 1 aliphatic rings. The first-order valence-corrected chi connectivity index (χ1v) is 6.46. The normalized spacial score (nSPS) is 16.8. The summed E-state index contributed by atoms with van der Waals surface area (Å²) in [7, 11) is 0. The summed E-state index contributed by atoms with van der Waals surface area (Å²) in [5, 5.41) is 3.32. The van der Waals surface area contributed by atoms with Gasteiger partial charge in [-0.1, -0.05) is 51.1 Å². The van der Waals surface area contributed by atoms with Gasteiger partial charge < -0.3 is 5.32 Å². The fraction of sp³-hybridized carbons (Fsp3) is 0.600. The van der Waals surface area contributed by atoms with E-state index in [1.54, 1.807) is 0 Å². The third-order valence-electron chi connectivity index (χ3n) is 3.09. The molecule has 2 rings (SSSR count). The van der Waals surface area contributed by atoms with Gasteiger partial charge in [-0.05, 0) is 43.3 Å². The van der Waals surface area contributed by atoms with Crippen molar-refractivity contribution in [3.8, 4) is 0 Å². The number of hydrogen-bond acceptors (Lipinski definition) is 1. The molecule has 1 N–H and O–H groups in total. The lowest BCUT2D eigenvalue weighted by Gasteiger charge is -2.17. The Kier molecular flexibility index (Phi) is 6.17. The first-order chi connectivity index (χ1) is 7.70. The van der Waals surface area contributed by atoms with Crippen molar-refractivity contribution in [1.29, 1.82) is 0 Å².